The van der Waals surface area contributed by atoms with Crippen LogP contribution in [0.25, 0.3) is 11.0 Å². The number of anilines is 1. The van der Waals surface area contributed by atoms with E-state index in [1.807, 2.05) is 0 Å². The molecule has 0 unspecified atom stereocenters. The van der Waals surface area contributed by atoms with Gasteiger partial charge in [0.15, 0.2) is 11.5 Å². The minimum absolute atomic E-state index is 0.141. The number of methoxy groups -OCH3 is 3. The van der Waals surface area contributed by atoms with Crippen molar-refractivity contribution in [3.8, 4) is 17.2 Å². The van der Waals surface area contributed by atoms with Crippen LogP contribution in [-0.2, 0) is 24.1 Å². The summed E-state index contributed by atoms with van der Waals surface area (Å²) in [5.41, 5.74) is 5.02. The summed E-state index contributed by atoms with van der Waals surface area (Å²) in [5, 5.41) is 3.92. The Morgan fingerprint density at radius 2 is 1.68 bits per heavy atom. The number of carbonyl (C=O) groups excluding carboxylic acids is 1. The first-order valence-corrected chi connectivity index (χ1v) is 9.24. The van der Waals surface area contributed by atoms with E-state index in [2.05, 4.69) is 17.4 Å². The van der Waals surface area contributed by atoms with Gasteiger partial charge in [0.05, 0.1) is 34.0 Å². The Kier molecular flexibility index (Phi) is 4.86. The first-order valence-electron chi connectivity index (χ1n) is 9.24. The Labute approximate surface area is 163 Å². The lowest BCUT2D eigenvalue weighted by Gasteiger charge is -2.14. The second-order valence-electron chi connectivity index (χ2n) is 6.87. The summed E-state index contributed by atoms with van der Waals surface area (Å²) < 4.78 is 21.7. The monoisotopic (exact) mass is 381 g/mol. The smallest absolute Gasteiger partial charge is 0.228 e. The van der Waals surface area contributed by atoms with E-state index in [0.29, 0.717) is 22.9 Å². The van der Waals surface area contributed by atoms with E-state index in [0.717, 1.165) is 29.4 Å². The molecular weight excluding hydrogens is 358 g/mol. The summed E-state index contributed by atoms with van der Waals surface area (Å²) in [6.45, 7) is 0. The Morgan fingerprint density at radius 1 is 1.00 bits per heavy atom. The third-order valence-electron chi connectivity index (χ3n) is 5.17. The molecule has 28 heavy (non-hydrogen) atoms. The minimum atomic E-state index is -0.141. The predicted octanol–water partition coefficient (Wildman–Crippen LogP) is 4.13. The molecule has 4 rings (SSSR count). The minimum Gasteiger partial charge on any atom is -0.493 e. The van der Waals surface area contributed by atoms with E-state index in [-0.39, 0.29) is 12.3 Å². The molecule has 0 atom stereocenters. The Balaban J connectivity index is 1.56. The second-order valence-corrected chi connectivity index (χ2v) is 6.87. The quantitative estimate of drug-likeness (QED) is 0.695. The lowest BCUT2D eigenvalue weighted by molar-refractivity contribution is -0.115. The highest BCUT2D eigenvalue weighted by molar-refractivity contribution is 5.96. The number of hydrogen-bond acceptors (Lipinski definition) is 5. The van der Waals surface area contributed by atoms with Crippen molar-refractivity contribution >= 4 is 22.6 Å². The number of aryl methyl sites for hydroxylation is 2. The van der Waals surface area contributed by atoms with Gasteiger partial charge in [-0.05, 0) is 42.5 Å². The molecule has 6 nitrogen and oxygen atoms in total. The number of ether oxygens (including phenoxy) is 3. The van der Waals surface area contributed by atoms with Crippen LogP contribution in [0.5, 0.6) is 17.2 Å². The predicted molar refractivity (Wildman–Crippen MR) is 107 cm³/mol. The van der Waals surface area contributed by atoms with E-state index < -0.39 is 0 Å². The zero-order chi connectivity index (χ0) is 19.7. The zero-order valence-corrected chi connectivity index (χ0v) is 16.3. The molecule has 1 heterocycles. The van der Waals surface area contributed by atoms with Gasteiger partial charge in [0.1, 0.15) is 5.58 Å². The Bertz CT molecular complexity index is 1010. The first-order chi connectivity index (χ1) is 13.6. The molecule has 0 saturated carbocycles. The number of amides is 1. The summed E-state index contributed by atoms with van der Waals surface area (Å²) >= 11 is 0. The Morgan fingerprint density at radius 3 is 2.32 bits per heavy atom. The van der Waals surface area contributed by atoms with Crippen LogP contribution in [0.1, 0.15) is 23.1 Å². The van der Waals surface area contributed by atoms with E-state index in [1.165, 1.54) is 17.5 Å². The van der Waals surface area contributed by atoms with Crippen LogP contribution in [0.2, 0.25) is 0 Å². The normalized spacial score (nSPS) is 12.7. The van der Waals surface area contributed by atoms with Gasteiger partial charge in [0, 0.05) is 28.8 Å². The fourth-order valence-electron chi connectivity index (χ4n) is 3.82. The average molecular weight is 381 g/mol. The molecular formula is C22H23NO5. The van der Waals surface area contributed by atoms with Crippen LogP contribution in [-0.4, -0.2) is 27.2 Å². The Hall–Kier alpha value is -3.15. The highest BCUT2D eigenvalue weighted by atomic mass is 16.5. The van der Waals surface area contributed by atoms with Crippen LogP contribution < -0.4 is 19.5 Å². The van der Waals surface area contributed by atoms with Gasteiger partial charge in [0.2, 0.25) is 11.7 Å². The molecule has 0 fully saturated rings. The third kappa shape index (κ3) is 3.26. The molecule has 0 saturated heterocycles. The van der Waals surface area contributed by atoms with Crippen molar-refractivity contribution in [1.82, 2.24) is 0 Å². The largest absolute Gasteiger partial charge is 0.493 e. The fraction of sp³-hybridized carbons (Fsp3) is 0.318. The molecule has 1 N–H and O–H groups in total. The fourth-order valence-corrected chi connectivity index (χ4v) is 3.82. The van der Waals surface area contributed by atoms with Gasteiger partial charge in [0.25, 0.3) is 0 Å². The highest BCUT2D eigenvalue weighted by Gasteiger charge is 2.18. The molecule has 0 bridgehead atoms. The van der Waals surface area contributed by atoms with Crippen LogP contribution >= 0.6 is 0 Å². The van der Waals surface area contributed by atoms with Gasteiger partial charge in [-0.15, -0.1) is 0 Å². The number of fused-ring (bicyclic) bond motifs is 2. The highest BCUT2D eigenvalue weighted by Crippen LogP contribution is 2.40. The van der Waals surface area contributed by atoms with Gasteiger partial charge in [-0.1, -0.05) is 0 Å². The summed E-state index contributed by atoms with van der Waals surface area (Å²) in [5.74, 6) is 1.32. The standard InChI is InChI=1S/C22H23NO5/c1-25-19-10-16(11-20(26-2)22(19)27-3)23-21(24)9-15-12-28-18-8-14-6-4-5-13(14)7-17(15)18/h7-8,10-12H,4-6,9H2,1-3H3,(H,23,24). The van der Waals surface area contributed by atoms with Gasteiger partial charge in [-0.2, -0.15) is 0 Å². The van der Waals surface area contributed by atoms with Crippen LogP contribution in [0, 0.1) is 0 Å². The molecule has 1 aliphatic carbocycles. The van der Waals surface area contributed by atoms with Gasteiger partial charge < -0.3 is 23.9 Å². The zero-order valence-electron chi connectivity index (χ0n) is 16.3. The van der Waals surface area contributed by atoms with Crippen LogP contribution in [0.3, 0.4) is 0 Å². The topological polar surface area (TPSA) is 69.9 Å². The molecule has 2 aromatic carbocycles. The van der Waals surface area contributed by atoms with Gasteiger partial charge >= 0.3 is 0 Å². The molecule has 1 aliphatic rings. The number of nitrogens with one attached hydrogen (secondary N) is 1. The van der Waals surface area contributed by atoms with E-state index in [1.54, 1.807) is 39.7 Å². The third-order valence-corrected chi connectivity index (χ3v) is 5.17. The van der Waals surface area contributed by atoms with Crippen molar-refractivity contribution in [3.05, 3.63) is 47.2 Å². The molecule has 0 aliphatic heterocycles. The first kappa shape index (κ1) is 18.2. The number of hydrogen-bond donors (Lipinski definition) is 1. The van der Waals surface area contributed by atoms with Crippen molar-refractivity contribution in [1.29, 1.82) is 0 Å². The van der Waals surface area contributed by atoms with Crippen LogP contribution in [0.4, 0.5) is 5.69 Å². The van der Waals surface area contributed by atoms with Crippen LogP contribution in [0.15, 0.2) is 34.9 Å². The number of carbonyl (C=O) groups is 1. The van der Waals surface area contributed by atoms with E-state index in [4.69, 9.17) is 18.6 Å². The van der Waals surface area contributed by atoms with Gasteiger partial charge in [-0.3, -0.25) is 4.79 Å². The molecule has 0 radical (unpaired) electrons. The summed E-state index contributed by atoms with van der Waals surface area (Å²) in [4.78, 5) is 12.6. The summed E-state index contributed by atoms with van der Waals surface area (Å²) in [6.07, 6.45) is 5.27. The molecule has 0 spiro atoms. The van der Waals surface area contributed by atoms with Crippen molar-refractivity contribution in [2.45, 2.75) is 25.7 Å². The molecule has 1 aromatic heterocycles. The average Bonchev–Trinajstić information content (AvgIpc) is 3.31. The SMILES string of the molecule is COc1cc(NC(=O)Cc2coc3cc4c(cc23)CCC4)cc(OC)c1OC. The molecule has 1 amide bonds. The van der Waals surface area contributed by atoms with E-state index >= 15 is 0 Å². The second kappa shape index (κ2) is 7.46. The maximum absolute atomic E-state index is 12.6. The molecule has 6 heteroatoms. The number of rotatable bonds is 6. The number of benzene rings is 2. The molecule has 146 valence electrons. The molecule has 3 aromatic rings. The van der Waals surface area contributed by atoms with Crippen molar-refractivity contribution in [2.24, 2.45) is 0 Å². The summed E-state index contributed by atoms with van der Waals surface area (Å²) in [6, 6.07) is 7.70. The van der Waals surface area contributed by atoms with E-state index in [9.17, 15) is 4.79 Å². The summed E-state index contributed by atoms with van der Waals surface area (Å²) in [7, 11) is 4.62. The van der Waals surface area contributed by atoms with Crippen molar-refractivity contribution < 1.29 is 23.4 Å². The lowest BCUT2D eigenvalue weighted by Crippen LogP contribution is -2.14. The van der Waals surface area contributed by atoms with Crippen molar-refractivity contribution in [3.63, 3.8) is 0 Å². The lowest BCUT2D eigenvalue weighted by atomic mass is 10.0. The maximum atomic E-state index is 12.6. The number of furan rings is 1. The maximum Gasteiger partial charge on any atom is 0.228 e. The van der Waals surface area contributed by atoms with Crippen molar-refractivity contribution in [2.75, 3.05) is 26.6 Å². The van der Waals surface area contributed by atoms with Gasteiger partial charge in [-0.25, -0.2) is 0 Å².